The fourth-order valence-corrected chi connectivity index (χ4v) is 2.58. The van der Waals surface area contributed by atoms with Gasteiger partial charge in [-0.15, -0.1) is 0 Å². The molecule has 0 saturated carbocycles. The molecule has 0 N–H and O–H groups in total. The van der Waals surface area contributed by atoms with Crippen LogP contribution in [0, 0.1) is 0 Å². The van der Waals surface area contributed by atoms with Gasteiger partial charge in [-0.2, -0.15) is 13.2 Å². The molecule has 20 heavy (non-hydrogen) atoms. The van der Waals surface area contributed by atoms with Crippen molar-refractivity contribution in [2.24, 2.45) is 0 Å². The molecule has 1 aromatic carbocycles. The molecule has 1 heterocycles. The summed E-state index contributed by atoms with van der Waals surface area (Å²) in [5, 5.41) is 0.269. The lowest BCUT2D eigenvalue weighted by Gasteiger charge is -2.04. The molecule has 108 valence electrons. The first-order valence-corrected chi connectivity index (χ1v) is 6.53. The van der Waals surface area contributed by atoms with Crippen LogP contribution < -0.4 is 0 Å². The highest BCUT2D eigenvalue weighted by Gasteiger charge is 2.41. The summed E-state index contributed by atoms with van der Waals surface area (Å²) in [6.45, 7) is 0.713. The van der Waals surface area contributed by atoms with Crippen molar-refractivity contribution in [3.05, 3.63) is 34.4 Å². The fraction of sp³-hybridized carbons (Fsp3) is 0.308. The van der Waals surface area contributed by atoms with E-state index < -0.39 is 12.0 Å². The molecule has 0 bridgehead atoms. The standard InChI is InChI=1S/C13H11BrF3NO2/c1-20-6-5-18-7-8(12(19)13(15,16)17)11-9(14)3-2-4-10(11)18/h2-4,7H,5-6H2,1H3. The van der Waals surface area contributed by atoms with Crippen molar-refractivity contribution >= 4 is 32.6 Å². The molecule has 0 spiro atoms. The molecular weight excluding hydrogens is 339 g/mol. The summed E-state index contributed by atoms with van der Waals surface area (Å²) in [5.41, 5.74) is 0.208. The van der Waals surface area contributed by atoms with E-state index in [1.807, 2.05) is 0 Å². The number of carbonyl (C=O) groups excluding carboxylic acids is 1. The second-order valence-electron chi connectivity index (χ2n) is 4.19. The molecule has 0 fully saturated rings. The van der Waals surface area contributed by atoms with Crippen LogP contribution in [0.5, 0.6) is 0 Å². The van der Waals surface area contributed by atoms with Gasteiger partial charge in [0.2, 0.25) is 0 Å². The van der Waals surface area contributed by atoms with E-state index in [9.17, 15) is 18.0 Å². The highest BCUT2D eigenvalue weighted by Crippen LogP contribution is 2.33. The largest absolute Gasteiger partial charge is 0.454 e. The van der Waals surface area contributed by atoms with Gasteiger partial charge in [-0.05, 0) is 12.1 Å². The molecule has 7 heteroatoms. The van der Waals surface area contributed by atoms with Crippen molar-refractivity contribution in [2.75, 3.05) is 13.7 Å². The summed E-state index contributed by atoms with van der Waals surface area (Å²) < 4.78 is 44.9. The number of rotatable bonds is 4. The fourth-order valence-electron chi connectivity index (χ4n) is 2.01. The number of carbonyl (C=O) groups is 1. The molecule has 3 nitrogen and oxygen atoms in total. The average molecular weight is 350 g/mol. The van der Waals surface area contributed by atoms with Gasteiger partial charge in [0, 0.05) is 35.2 Å². The summed E-state index contributed by atoms with van der Waals surface area (Å²) >= 11 is 3.20. The second-order valence-corrected chi connectivity index (χ2v) is 5.04. The molecule has 0 unspecified atom stereocenters. The van der Waals surface area contributed by atoms with Gasteiger partial charge in [0.15, 0.2) is 0 Å². The van der Waals surface area contributed by atoms with Crippen molar-refractivity contribution in [3.63, 3.8) is 0 Å². The van der Waals surface area contributed by atoms with Crippen molar-refractivity contribution in [2.45, 2.75) is 12.7 Å². The lowest BCUT2D eigenvalue weighted by molar-refractivity contribution is -0.0884. The zero-order chi connectivity index (χ0) is 14.9. The molecular formula is C13H11BrF3NO2. The Hall–Kier alpha value is -1.34. The highest BCUT2D eigenvalue weighted by molar-refractivity contribution is 9.10. The Morgan fingerprint density at radius 2 is 2.10 bits per heavy atom. The summed E-state index contributed by atoms with van der Waals surface area (Å²) in [7, 11) is 1.50. The normalized spacial score (nSPS) is 12.1. The Kier molecular flexibility index (Phi) is 4.19. The molecule has 1 aromatic heterocycles. The maximum Gasteiger partial charge on any atom is 0.454 e. The van der Waals surface area contributed by atoms with Crippen LogP contribution in [0.2, 0.25) is 0 Å². The Morgan fingerprint density at radius 3 is 2.70 bits per heavy atom. The van der Waals surface area contributed by atoms with E-state index in [1.165, 1.54) is 13.3 Å². The van der Waals surface area contributed by atoms with Crippen molar-refractivity contribution in [1.82, 2.24) is 4.57 Å². The number of fused-ring (bicyclic) bond motifs is 1. The summed E-state index contributed by atoms with van der Waals surface area (Å²) in [4.78, 5) is 11.5. The third-order valence-electron chi connectivity index (χ3n) is 2.89. The van der Waals surface area contributed by atoms with Crippen molar-refractivity contribution in [1.29, 1.82) is 0 Å². The van der Waals surface area contributed by atoms with E-state index in [-0.39, 0.29) is 10.9 Å². The predicted octanol–water partition coefficient (Wildman–Crippen LogP) is 3.80. The molecule has 0 saturated heterocycles. The van der Waals surface area contributed by atoms with Gasteiger partial charge in [0.25, 0.3) is 5.78 Å². The monoisotopic (exact) mass is 349 g/mol. The number of ketones is 1. The van der Waals surface area contributed by atoms with E-state index in [0.29, 0.717) is 23.1 Å². The number of hydrogen-bond donors (Lipinski definition) is 0. The summed E-state index contributed by atoms with van der Waals surface area (Å²) in [6, 6.07) is 4.98. The number of halogens is 4. The zero-order valence-electron chi connectivity index (χ0n) is 10.5. The zero-order valence-corrected chi connectivity index (χ0v) is 12.1. The summed E-state index contributed by atoms with van der Waals surface area (Å²) in [6.07, 6.45) is -3.67. The van der Waals surface area contributed by atoms with Gasteiger partial charge in [-0.25, -0.2) is 0 Å². The average Bonchev–Trinajstić information content (AvgIpc) is 2.74. The number of methoxy groups -OCH3 is 1. The molecule has 0 amide bonds. The molecule has 2 aromatic rings. The molecule has 2 rings (SSSR count). The van der Waals surface area contributed by atoms with Crippen LogP contribution in [-0.4, -0.2) is 30.2 Å². The van der Waals surface area contributed by atoms with Crippen LogP contribution in [-0.2, 0) is 11.3 Å². The van der Waals surface area contributed by atoms with Gasteiger partial charge in [0.1, 0.15) is 0 Å². The second kappa shape index (κ2) is 5.57. The maximum atomic E-state index is 12.7. The predicted molar refractivity (Wildman–Crippen MR) is 71.9 cm³/mol. The van der Waals surface area contributed by atoms with E-state index in [2.05, 4.69) is 15.9 Å². The smallest absolute Gasteiger partial charge is 0.383 e. The molecule has 0 aliphatic carbocycles. The van der Waals surface area contributed by atoms with Gasteiger partial charge in [-0.3, -0.25) is 4.79 Å². The van der Waals surface area contributed by atoms with E-state index in [1.54, 1.807) is 22.8 Å². The number of Topliss-reactive ketones (excluding diaryl/α,β-unsaturated/α-hetero) is 1. The number of aromatic nitrogens is 1. The van der Waals surface area contributed by atoms with Crippen LogP contribution in [0.3, 0.4) is 0 Å². The quantitative estimate of drug-likeness (QED) is 0.786. The highest BCUT2D eigenvalue weighted by atomic mass is 79.9. The molecule has 0 aliphatic heterocycles. The van der Waals surface area contributed by atoms with Crippen LogP contribution in [0.25, 0.3) is 10.9 Å². The van der Waals surface area contributed by atoms with Crippen LogP contribution in [0.4, 0.5) is 13.2 Å². The van der Waals surface area contributed by atoms with Gasteiger partial charge in [0.05, 0.1) is 12.2 Å². The number of ether oxygens (including phenoxy) is 1. The Labute approximate surface area is 121 Å². The number of nitrogens with zero attached hydrogens (tertiary/aromatic N) is 1. The summed E-state index contributed by atoms with van der Waals surface area (Å²) in [5.74, 6) is -1.84. The van der Waals surface area contributed by atoms with Gasteiger partial charge >= 0.3 is 6.18 Å². The first kappa shape index (κ1) is 15.1. The number of benzene rings is 1. The topological polar surface area (TPSA) is 31.2 Å². The number of hydrogen-bond acceptors (Lipinski definition) is 2. The first-order chi connectivity index (χ1) is 9.36. The van der Waals surface area contributed by atoms with Crippen LogP contribution in [0.1, 0.15) is 10.4 Å². The third kappa shape index (κ3) is 2.73. The Balaban J connectivity index is 2.63. The van der Waals surface area contributed by atoms with Crippen molar-refractivity contribution < 1.29 is 22.7 Å². The lowest BCUT2D eigenvalue weighted by Crippen LogP contribution is -2.22. The number of alkyl halides is 3. The van der Waals surface area contributed by atoms with Crippen LogP contribution in [0.15, 0.2) is 28.9 Å². The maximum absolute atomic E-state index is 12.7. The Bertz CT molecular complexity index is 649. The molecule has 0 atom stereocenters. The molecule has 0 aliphatic rings. The van der Waals surface area contributed by atoms with Crippen molar-refractivity contribution in [3.8, 4) is 0 Å². The van der Waals surface area contributed by atoms with Gasteiger partial charge < -0.3 is 9.30 Å². The van der Waals surface area contributed by atoms with Crippen LogP contribution >= 0.6 is 15.9 Å². The Morgan fingerprint density at radius 1 is 1.40 bits per heavy atom. The third-order valence-corrected chi connectivity index (χ3v) is 3.55. The lowest BCUT2D eigenvalue weighted by atomic mass is 10.1. The minimum Gasteiger partial charge on any atom is -0.383 e. The molecule has 0 radical (unpaired) electrons. The minimum absolute atomic E-state index is 0.269. The van der Waals surface area contributed by atoms with E-state index >= 15 is 0 Å². The first-order valence-electron chi connectivity index (χ1n) is 5.74. The minimum atomic E-state index is -4.89. The van der Waals surface area contributed by atoms with E-state index in [4.69, 9.17) is 4.74 Å². The van der Waals surface area contributed by atoms with Gasteiger partial charge in [-0.1, -0.05) is 22.0 Å². The van der Waals surface area contributed by atoms with E-state index in [0.717, 1.165) is 0 Å². The SMILES string of the molecule is COCCn1cc(C(=O)C(F)(F)F)c2c(Br)cccc21.